The maximum absolute atomic E-state index is 9.93. The third kappa shape index (κ3) is 5.59. The summed E-state index contributed by atoms with van der Waals surface area (Å²) >= 11 is 0. The summed E-state index contributed by atoms with van der Waals surface area (Å²) in [4.78, 5) is 0. The van der Waals surface area contributed by atoms with Crippen molar-refractivity contribution in [2.75, 3.05) is 0 Å². The lowest BCUT2D eigenvalue weighted by Gasteiger charge is -2.29. The van der Waals surface area contributed by atoms with E-state index < -0.39 is 5.79 Å². The summed E-state index contributed by atoms with van der Waals surface area (Å²) in [5.41, 5.74) is 1.75. The second kappa shape index (κ2) is 9.58. The van der Waals surface area contributed by atoms with Crippen molar-refractivity contribution >= 4 is 0 Å². The highest BCUT2D eigenvalue weighted by Crippen LogP contribution is 2.39. The zero-order valence-electron chi connectivity index (χ0n) is 17.2. The van der Waals surface area contributed by atoms with Crippen molar-refractivity contribution in [2.24, 2.45) is 5.92 Å². The van der Waals surface area contributed by atoms with Crippen molar-refractivity contribution in [1.82, 2.24) is 0 Å². The van der Waals surface area contributed by atoms with E-state index in [1.807, 2.05) is 18.2 Å². The van der Waals surface area contributed by atoms with Crippen LogP contribution >= 0.6 is 0 Å². The Hall–Kier alpha value is -1.84. The average molecular weight is 383 g/mol. The Bertz CT molecular complexity index is 722. The number of rotatable bonds is 8. The molecule has 3 rings (SSSR count). The second-order valence-electron chi connectivity index (χ2n) is 8.40. The molecule has 1 fully saturated rings. The summed E-state index contributed by atoms with van der Waals surface area (Å²) in [6, 6.07) is 15.3. The summed E-state index contributed by atoms with van der Waals surface area (Å²) in [6.45, 7) is 3.62. The molecule has 0 bridgehead atoms. The van der Waals surface area contributed by atoms with Crippen LogP contribution < -0.4 is 4.74 Å². The van der Waals surface area contributed by atoms with E-state index in [9.17, 15) is 10.2 Å². The first kappa shape index (κ1) is 20.9. The summed E-state index contributed by atoms with van der Waals surface area (Å²) in [6.07, 6.45) is 10.7. The van der Waals surface area contributed by atoms with Gasteiger partial charge in [-0.15, -0.1) is 0 Å². The molecular formula is C25H34O3. The van der Waals surface area contributed by atoms with E-state index in [-0.39, 0.29) is 0 Å². The van der Waals surface area contributed by atoms with Crippen molar-refractivity contribution in [2.45, 2.75) is 76.9 Å². The molecule has 3 nitrogen and oxygen atoms in total. The zero-order valence-corrected chi connectivity index (χ0v) is 17.2. The molecule has 152 valence electrons. The van der Waals surface area contributed by atoms with Gasteiger partial charge in [0.1, 0.15) is 11.5 Å². The summed E-state index contributed by atoms with van der Waals surface area (Å²) in [5, 5.41) is 19.9. The number of hydrogen-bond acceptors (Lipinski definition) is 3. The Morgan fingerprint density at radius 1 is 0.929 bits per heavy atom. The van der Waals surface area contributed by atoms with Crippen LogP contribution in [-0.2, 0) is 5.79 Å². The largest absolute Gasteiger partial charge is 0.457 e. The first-order valence-corrected chi connectivity index (χ1v) is 10.8. The molecule has 28 heavy (non-hydrogen) atoms. The smallest absolute Gasteiger partial charge is 0.190 e. The van der Waals surface area contributed by atoms with Gasteiger partial charge in [-0.3, -0.25) is 0 Å². The van der Waals surface area contributed by atoms with E-state index in [1.165, 1.54) is 63.9 Å². The minimum atomic E-state index is -1.92. The Balaban J connectivity index is 1.58. The van der Waals surface area contributed by atoms with Gasteiger partial charge in [0, 0.05) is 0 Å². The van der Waals surface area contributed by atoms with E-state index in [4.69, 9.17) is 4.74 Å². The van der Waals surface area contributed by atoms with Crippen LogP contribution in [0.2, 0.25) is 0 Å². The van der Waals surface area contributed by atoms with Crippen LogP contribution in [0.1, 0.15) is 82.3 Å². The van der Waals surface area contributed by atoms with Crippen LogP contribution in [0, 0.1) is 5.92 Å². The molecule has 1 aliphatic carbocycles. The van der Waals surface area contributed by atoms with Gasteiger partial charge < -0.3 is 14.9 Å². The standard InChI is InChI=1S/C25H34O3/c1-3-4-5-8-19-11-13-20(14-12-19)21-15-17-22(18-16-21)28-24-10-7-6-9-23(24)25(2,26)27/h6-7,9-10,15-20,26-27H,3-5,8,11-14H2,1-2H3. The number of benzene rings is 2. The molecule has 0 aliphatic heterocycles. The van der Waals surface area contributed by atoms with E-state index in [0.717, 1.165) is 5.92 Å². The van der Waals surface area contributed by atoms with Gasteiger partial charge in [-0.2, -0.15) is 0 Å². The SMILES string of the molecule is CCCCCC1CCC(c2ccc(Oc3ccccc3C(C)(O)O)cc2)CC1. The third-order valence-electron chi connectivity index (χ3n) is 6.04. The molecule has 1 aliphatic rings. The van der Waals surface area contributed by atoms with E-state index in [2.05, 4.69) is 19.1 Å². The summed E-state index contributed by atoms with van der Waals surface area (Å²) in [5.74, 6) is 0.839. The fourth-order valence-corrected chi connectivity index (χ4v) is 4.35. The molecule has 2 N–H and O–H groups in total. The molecule has 0 aromatic heterocycles. The van der Waals surface area contributed by atoms with Crippen molar-refractivity contribution in [1.29, 1.82) is 0 Å². The minimum absolute atomic E-state index is 0.362. The Morgan fingerprint density at radius 2 is 1.61 bits per heavy atom. The second-order valence-corrected chi connectivity index (χ2v) is 8.40. The Morgan fingerprint density at radius 3 is 2.25 bits per heavy atom. The normalized spacial score (nSPS) is 20.1. The van der Waals surface area contributed by atoms with Crippen LogP contribution in [-0.4, -0.2) is 10.2 Å². The minimum Gasteiger partial charge on any atom is -0.457 e. The lowest BCUT2D eigenvalue weighted by Crippen LogP contribution is -2.20. The lowest BCUT2D eigenvalue weighted by molar-refractivity contribution is -0.153. The third-order valence-corrected chi connectivity index (χ3v) is 6.04. The molecule has 0 amide bonds. The predicted molar refractivity (Wildman–Crippen MR) is 114 cm³/mol. The highest BCUT2D eigenvalue weighted by atomic mass is 16.5. The Kier molecular flexibility index (Phi) is 7.14. The van der Waals surface area contributed by atoms with Gasteiger partial charge in [-0.25, -0.2) is 0 Å². The van der Waals surface area contributed by atoms with Gasteiger partial charge in [-0.05, 0) is 74.3 Å². The van der Waals surface area contributed by atoms with E-state index in [0.29, 0.717) is 23.0 Å². The van der Waals surface area contributed by atoms with Crippen molar-refractivity contribution in [3.63, 3.8) is 0 Å². The van der Waals surface area contributed by atoms with Gasteiger partial charge in [-0.1, -0.05) is 56.9 Å². The average Bonchev–Trinajstić information content (AvgIpc) is 2.69. The van der Waals surface area contributed by atoms with Crippen LogP contribution in [0.25, 0.3) is 0 Å². The molecule has 0 radical (unpaired) electrons. The fourth-order valence-electron chi connectivity index (χ4n) is 4.35. The topological polar surface area (TPSA) is 49.7 Å². The van der Waals surface area contributed by atoms with Crippen molar-refractivity contribution in [3.8, 4) is 11.5 Å². The number of hydrogen-bond donors (Lipinski definition) is 2. The summed E-state index contributed by atoms with van der Waals surface area (Å²) in [7, 11) is 0. The number of unbranched alkanes of at least 4 members (excludes halogenated alkanes) is 2. The molecule has 0 heterocycles. The van der Waals surface area contributed by atoms with Gasteiger partial charge in [0.05, 0.1) is 5.56 Å². The molecular weight excluding hydrogens is 348 g/mol. The maximum atomic E-state index is 9.93. The lowest BCUT2D eigenvalue weighted by atomic mass is 9.77. The quantitative estimate of drug-likeness (QED) is 0.405. The van der Waals surface area contributed by atoms with Gasteiger partial charge >= 0.3 is 0 Å². The molecule has 0 atom stereocenters. The number of aliphatic hydroxyl groups is 2. The number of para-hydroxylation sites is 1. The summed E-state index contributed by atoms with van der Waals surface area (Å²) < 4.78 is 5.93. The molecule has 0 saturated heterocycles. The highest BCUT2D eigenvalue weighted by Gasteiger charge is 2.24. The molecule has 2 aromatic rings. The van der Waals surface area contributed by atoms with Crippen LogP contribution in [0.3, 0.4) is 0 Å². The molecule has 0 unspecified atom stereocenters. The van der Waals surface area contributed by atoms with Gasteiger partial charge in [0.25, 0.3) is 0 Å². The molecule has 3 heteroatoms. The van der Waals surface area contributed by atoms with Crippen LogP contribution in [0.15, 0.2) is 48.5 Å². The van der Waals surface area contributed by atoms with E-state index in [1.54, 1.807) is 18.2 Å². The van der Waals surface area contributed by atoms with E-state index >= 15 is 0 Å². The van der Waals surface area contributed by atoms with Crippen molar-refractivity contribution < 1.29 is 14.9 Å². The molecule has 0 spiro atoms. The highest BCUT2D eigenvalue weighted by molar-refractivity contribution is 5.40. The first-order chi connectivity index (χ1) is 13.5. The molecule has 2 aromatic carbocycles. The van der Waals surface area contributed by atoms with Crippen molar-refractivity contribution in [3.05, 3.63) is 59.7 Å². The van der Waals surface area contributed by atoms with Crippen LogP contribution in [0.4, 0.5) is 0 Å². The zero-order chi connectivity index (χ0) is 20.0. The van der Waals surface area contributed by atoms with Crippen LogP contribution in [0.5, 0.6) is 11.5 Å². The first-order valence-electron chi connectivity index (χ1n) is 10.8. The number of ether oxygens (including phenoxy) is 1. The van der Waals surface area contributed by atoms with Gasteiger partial charge in [0.2, 0.25) is 0 Å². The monoisotopic (exact) mass is 382 g/mol. The fraction of sp³-hybridized carbons (Fsp3) is 0.520. The predicted octanol–water partition coefficient (Wildman–Crippen LogP) is 6.49. The maximum Gasteiger partial charge on any atom is 0.190 e. The van der Waals surface area contributed by atoms with Gasteiger partial charge in [0.15, 0.2) is 5.79 Å². The molecule has 1 saturated carbocycles. The Labute approximate surface area is 169 Å².